The largest absolute Gasteiger partial charge is 0.464 e. The highest BCUT2D eigenvalue weighted by Crippen LogP contribution is 2.16. The van der Waals surface area contributed by atoms with E-state index >= 15 is 0 Å². The molecule has 0 aromatic heterocycles. The lowest BCUT2D eigenvalue weighted by molar-refractivity contribution is -0.158. The number of esters is 1. The van der Waals surface area contributed by atoms with Crippen LogP contribution in [0.2, 0.25) is 0 Å². The van der Waals surface area contributed by atoms with Crippen molar-refractivity contribution in [1.82, 2.24) is 4.90 Å². The molecular formula is C18H29NO4. The first-order chi connectivity index (χ1) is 11.1. The molecule has 1 aliphatic rings. The molecule has 0 fully saturated rings. The molecular weight excluding hydrogens is 294 g/mol. The lowest BCUT2D eigenvalue weighted by atomic mass is 10.1. The molecule has 1 rings (SSSR count). The van der Waals surface area contributed by atoms with E-state index in [1.54, 1.807) is 0 Å². The van der Waals surface area contributed by atoms with Gasteiger partial charge in [0.05, 0.1) is 6.61 Å². The first-order valence-electron chi connectivity index (χ1n) is 8.83. The summed E-state index contributed by atoms with van der Waals surface area (Å²) in [6.45, 7) is 4.54. The zero-order chi connectivity index (χ0) is 17.1. The van der Waals surface area contributed by atoms with E-state index in [4.69, 9.17) is 4.74 Å². The highest BCUT2D eigenvalue weighted by Gasteiger charge is 2.36. The molecule has 0 saturated carbocycles. The van der Waals surface area contributed by atoms with E-state index in [0.29, 0.717) is 13.0 Å². The third kappa shape index (κ3) is 6.55. The summed E-state index contributed by atoms with van der Waals surface area (Å²) in [5.41, 5.74) is 0. The third-order valence-corrected chi connectivity index (χ3v) is 4.00. The topological polar surface area (TPSA) is 63.7 Å². The van der Waals surface area contributed by atoms with Crippen molar-refractivity contribution in [3.05, 3.63) is 12.2 Å². The molecule has 0 N–H and O–H groups in total. The summed E-state index contributed by atoms with van der Waals surface area (Å²) < 4.78 is 5.30. The van der Waals surface area contributed by atoms with E-state index in [2.05, 4.69) is 6.92 Å². The lowest BCUT2D eigenvalue weighted by Gasteiger charge is -2.24. The Bertz CT molecular complexity index is 413. The fourth-order valence-electron chi connectivity index (χ4n) is 2.62. The van der Waals surface area contributed by atoms with Crippen LogP contribution in [0.15, 0.2) is 12.2 Å². The molecule has 0 aliphatic carbocycles. The van der Waals surface area contributed by atoms with Crippen molar-refractivity contribution < 1.29 is 19.1 Å². The fourth-order valence-corrected chi connectivity index (χ4v) is 2.62. The van der Waals surface area contributed by atoms with Crippen LogP contribution >= 0.6 is 0 Å². The van der Waals surface area contributed by atoms with Crippen LogP contribution < -0.4 is 0 Å². The molecule has 0 aromatic rings. The van der Waals surface area contributed by atoms with Crippen molar-refractivity contribution in [3.63, 3.8) is 0 Å². The SMILES string of the molecule is CCCCCCCCOC(=O)C(CCCC)N1C(=O)C=CC1=O. The lowest BCUT2D eigenvalue weighted by Crippen LogP contribution is -2.45. The van der Waals surface area contributed by atoms with Gasteiger partial charge < -0.3 is 4.74 Å². The van der Waals surface area contributed by atoms with Gasteiger partial charge in [0, 0.05) is 12.2 Å². The normalized spacial score (nSPS) is 15.3. The van der Waals surface area contributed by atoms with Crippen LogP contribution in [0.5, 0.6) is 0 Å². The number of nitrogens with zero attached hydrogens (tertiary/aromatic N) is 1. The smallest absolute Gasteiger partial charge is 0.329 e. The first-order valence-corrected chi connectivity index (χ1v) is 8.83. The number of unbranched alkanes of at least 4 members (excludes halogenated alkanes) is 6. The van der Waals surface area contributed by atoms with Crippen molar-refractivity contribution in [2.45, 2.75) is 77.7 Å². The van der Waals surface area contributed by atoms with E-state index < -0.39 is 23.8 Å². The molecule has 130 valence electrons. The zero-order valence-corrected chi connectivity index (χ0v) is 14.4. The summed E-state index contributed by atoms with van der Waals surface area (Å²) in [4.78, 5) is 36.9. The minimum Gasteiger partial charge on any atom is -0.464 e. The van der Waals surface area contributed by atoms with Gasteiger partial charge in [-0.05, 0) is 12.8 Å². The predicted molar refractivity (Wildman–Crippen MR) is 88.6 cm³/mol. The van der Waals surface area contributed by atoms with Gasteiger partial charge in [0.1, 0.15) is 6.04 Å². The number of hydrogen-bond acceptors (Lipinski definition) is 4. The molecule has 1 atom stereocenters. The minimum atomic E-state index is -0.787. The van der Waals surface area contributed by atoms with E-state index in [0.717, 1.165) is 37.0 Å². The van der Waals surface area contributed by atoms with E-state index in [1.807, 2.05) is 6.92 Å². The molecule has 0 radical (unpaired) electrons. The second-order valence-corrected chi connectivity index (χ2v) is 5.97. The van der Waals surface area contributed by atoms with Crippen LogP contribution in [0.3, 0.4) is 0 Å². The van der Waals surface area contributed by atoms with Gasteiger partial charge in [-0.25, -0.2) is 4.79 Å². The van der Waals surface area contributed by atoms with Crippen molar-refractivity contribution in [2.75, 3.05) is 6.61 Å². The van der Waals surface area contributed by atoms with Crippen LogP contribution in [0.4, 0.5) is 0 Å². The van der Waals surface area contributed by atoms with E-state index in [1.165, 1.54) is 31.4 Å². The molecule has 1 unspecified atom stereocenters. The number of carbonyl (C=O) groups excluding carboxylic acids is 3. The highest BCUT2D eigenvalue weighted by molar-refractivity contribution is 6.14. The van der Waals surface area contributed by atoms with Gasteiger partial charge in [0.2, 0.25) is 0 Å². The van der Waals surface area contributed by atoms with Gasteiger partial charge in [0.25, 0.3) is 11.8 Å². The fraction of sp³-hybridized carbons (Fsp3) is 0.722. The van der Waals surface area contributed by atoms with Gasteiger partial charge in [-0.2, -0.15) is 0 Å². The Morgan fingerprint density at radius 1 is 0.957 bits per heavy atom. The Morgan fingerprint density at radius 3 is 2.13 bits per heavy atom. The monoisotopic (exact) mass is 323 g/mol. The number of hydrogen-bond donors (Lipinski definition) is 0. The second kappa shape index (κ2) is 11.0. The molecule has 0 aromatic carbocycles. The van der Waals surface area contributed by atoms with Gasteiger partial charge in [0.15, 0.2) is 0 Å². The average Bonchev–Trinajstić information content (AvgIpc) is 2.86. The van der Waals surface area contributed by atoms with Gasteiger partial charge in [-0.1, -0.05) is 58.8 Å². The number of ether oxygens (including phenoxy) is 1. The Balaban J connectivity index is 2.40. The second-order valence-electron chi connectivity index (χ2n) is 5.97. The maximum absolute atomic E-state index is 12.3. The summed E-state index contributed by atoms with van der Waals surface area (Å²) in [5.74, 6) is -1.31. The predicted octanol–water partition coefficient (Wildman–Crippen LogP) is 3.37. The van der Waals surface area contributed by atoms with Crippen LogP contribution in [0.25, 0.3) is 0 Å². The summed E-state index contributed by atoms with van der Waals surface area (Å²) in [6, 6.07) is -0.787. The van der Waals surface area contributed by atoms with Crippen LogP contribution in [0, 0.1) is 0 Å². The summed E-state index contributed by atoms with van der Waals surface area (Å²) in [7, 11) is 0. The Kier molecular flexibility index (Phi) is 9.25. The molecule has 0 spiro atoms. The average molecular weight is 323 g/mol. The quantitative estimate of drug-likeness (QED) is 0.314. The van der Waals surface area contributed by atoms with Crippen molar-refractivity contribution >= 4 is 17.8 Å². The molecule has 1 heterocycles. The molecule has 0 saturated heterocycles. The summed E-state index contributed by atoms with van der Waals surface area (Å²) >= 11 is 0. The minimum absolute atomic E-state index is 0.358. The zero-order valence-electron chi connectivity index (χ0n) is 14.4. The van der Waals surface area contributed by atoms with E-state index in [9.17, 15) is 14.4 Å². The number of imide groups is 1. The number of rotatable bonds is 12. The van der Waals surface area contributed by atoms with Crippen LogP contribution in [-0.2, 0) is 19.1 Å². The van der Waals surface area contributed by atoms with Crippen LogP contribution in [-0.4, -0.2) is 35.3 Å². The molecule has 23 heavy (non-hydrogen) atoms. The summed E-state index contributed by atoms with van der Waals surface area (Å²) in [6.07, 6.45) is 11.2. The Labute approximate surface area is 139 Å². The Hall–Kier alpha value is -1.65. The molecule has 5 nitrogen and oxygen atoms in total. The summed E-state index contributed by atoms with van der Waals surface area (Å²) in [5, 5.41) is 0. The number of amides is 2. The molecule has 5 heteroatoms. The Morgan fingerprint density at radius 2 is 1.52 bits per heavy atom. The molecule has 2 amide bonds. The standard InChI is InChI=1S/C18H29NO4/c1-3-5-7-8-9-10-14-23-18(22)15(11-6-4-2)19-16(20)12-13-17(19)21/h12-13,15H,3-11,14H2,1-2H3. The molecule has 0 bridgehead atoms. The van der Waals surface area contributed by atoms with Gasteiger partial charge in [-0.3, -0.25) is 14.5 Å². The first kappa shape index (κ1) is 19.4. The van der Waals surface area contributed by atoms with Crippen LogP contribution in [0.1, 0.15) is 71.6 Å². The maximum atomic E-state index is 12.3. The van der Waals surface area contributed by atoms with E-state index in [-0.39, 0.29) is 0 Å². The van der Waals surface area contributed by atoms with Crippen molar-refractivity contribution in [3.8, 4) is 0 Å². The maximum Gasteiger partial charge on any atom is 0.329 e. The highest BCUT2D eigenvalue weighted by atomic mass is 16.5. The van der Waals surface area contributed by atoms with Gasteiger partial charge >= 0.3 is 5.97 Å². The van der Waals surface area contributed by atoms with Crippen molar-refractivity contribution in [2.24, 2.45) is 0 Å². The third-order valence-electron chi connectivity index (χ3n) is 4.00. The van der Waals surface area contributed by atoms with Crippen molar-refractivity contribution in [1.29, 1.82) is 0 Å². The van der Waals surface area contributed by atoms with Gasteiger partial charge in [-0.15, -0.1) is 0 Å². The number of carbonyl (C=O) groups is 3. The molecule has 1 aliphatic heterocycles.